The van der Waals surface area contributed by atoms with Crippen molar-refractivity contribution in [1.29, 1.82) is 0 Å². The molecule has 0 spiro atoms. The summed E-state index contributed by atoms with van der Waals surface area (Å²) in [4.78, 5) is 15.7. The van der Waals surface area contributed by atoms with Crippen molar-refractivity contribution in [3.05, 3.63) is 29.8 Å². The van der Waals surface area contributed by atoms with Gasteiger partial charge in [-0.3, -0.25) is 4.79 Å². The normalized spacial score (nSPS) is 14.5. The smallest absolute Gasteiger partial charge is 0.213 e. The number of Topliss-reactive ketones (excluding diaryl/α,β-unsaturated/α-hetero) is 1. The van der Waals surface area contributed by atoms with Crippen LogP contribution >= 0.6 is 0 Å². The molecule has 0 radical (unpaired) electrons. The van der Waals surface area contributed by atoms with E-state index in [1.807, 2.05) is 20.8 Å². The van der Waals surface area contributed by atoms with Crippen molar-refractivity contribution in [2.75, 3.05) is 0 Å². The van der Waals surface area contributed by atoms with Crippen molar-refractivity contribution >= 4 is 5.78 Å². The van der Waals surface area contributed by atoms with Gasteiger partial charge in [0, 0.05) is 23.2 Å². The molecule has 0 amide bonds. The summed E-state index contributed by atoms with van der Waals surface area (Å²) in [5.74, 6) is -0.584. The summed E-state index contributed by atoms with van der Waals surface area (Å²) in [6, 6.07) is 2.79. The molecule has 0 saturated carbocycles. The van der Waals surface area contributed by atoms with Gasteiger partial charge in [-0.05, 0) is 18.9 Å². The SMILES string of the molecule is CCCC(C)(CC)C(=O)c1ccnc(F)c1. The molecule has 0 aliphatic rings. The topological polar surface area (TPSA) is 30.0 Å². The van der Waals surface area contributed by atoms with Crippen LogP contribution in [0, 0.1) is 11.4 Å². The Kier molecular flexibility index (Phi) is 4.16. The lowest BCUT2D eigenvalue weighted by Crippen LogP contribution is -2.27. The van der Waals surface area contributed by atoms with E-state index < -0.39 is 5.95 Å². The number of halogens is 1. The third-order valence-corrected chi connectivity index (χ3v) is 3.12. The van der Waals surface area contributed by atoms with Crippen LogP contribution < -0.4 is 0 Å². The van der Waals surface area contributed by atoms with Gasteiger partial charge >= 0.3 is 0 Å². The van der Waals surface area contributed by atoms with Crippen molar-refractivity contribution in [2.24, 2.45) is 5.41 Å². The predicted molar refractivity (Wildman–Crippen MR) is 61.8 cm³/mol. The van der Waals surface area contributed by atoms with Gasteiger partial charge in [0.25, 0.3) is 0 Å². The van der Waals surface area contributed by atoms with Gasteiger partial charge in [0.05, 0.1) is 0 Å². The van der Waals surface area contributed by atoms with Gasteiger partial charge in [-0.25, -0.2) is 4.98 Å². The molecule has 1 rings (SSSR count). The molecule has 0 fully saturated rings. The largest absolute Gasteiger partial charge is 0.294 e. The molecular weight excluding hydrogens is 205 g/mol. The second kappa shape index (κ2) is 5.19. The number of carbonyl (C=O) groups is 1. The molecule has 3 heteroatoms. The molecule has 1 aromatic rings. The zero-order chi connectivity index (χ0) is 12.2. The molecule has 1 aromatic heterocycles. The minimum absolute atomic E-state index is 0.0122. The van der Waals surface area contributed by atoms with E-state index in [-0.39, 0.29) is 11.2 Å². The zero-order valence-corrected chi connectivity index (χ0v) is 10.1. The summed E-state index contributed by atoms with van der Waals surface area (Å²) in [7, 11) is 0. The monoisotopic (exact) mass is 223 g/mol. The second-order valence-electron chi connectivity index (χ2n) is 4.36. The predicted octanol–water partition coefficient (Wildman–Crippen LogP) is 3.62. The Labute approximate surface area is 95.9 Å². The minimum atomic E-state index is -0.596. The number of carbonyl (C=O) groups excluding carboxylic acids is 1. The first-order valence-electron chi connectivity index (χ1n) is 5.70. The first kappa shape index (κ1) is 12.8. The van der Waals surface area contributed by atoms with E-state index >= 15 is 0 Å². The highest BCUT2D eigenvalue weighted by Crippen LogP contribution is 2.31. The highest BCUT2D eigenvalue weighted by molar-refractivity contribution is 6.00. The zero-order valence-electron chi connectivity index (χ0n) is 10.1. The number of ketones is 1. The maximum atomic E-state index is 12.9. The Morgan fingerprint density at radius 1 is 1.50 bits per heavy atom. The van der Waals surface area contributed by atoms with Gasteiger partial charge in [-0.1, -0.05) is 27.2 Å². The number of pyridine rings is 1. The lowest BCUT2D eigenvalue weighted by atomic mass is 9.76. The van der Waals surface area contributed by atoms with Crippen molar-refractivity contribution < 1.29 is 9.18 Å². The highest BCUT2D eigenvalue weighted by atomic mass is 19.1. The van der Waals surface area contributed by atoms with Crippen LogP contribution in [0.2, 0.25) is 0 Å². The average Bonchev–Trinajstić information content (AvgIpc) is 2.28. The van der Waals surface area contributed by atoms with Gasteiger partial charge in [0.1, 0.15) is 0 Å². The molecule has 0 N–H and O–H groups in total. The van der Waals surface area contributed by atoms with Crippen LogP contribution in [0.5, 0.6) is 0 Å². The average molecular weight is 223 g/mol. The third kappa shape index (κ3) is 2.65. The Bertz CT molecular complexity index is 378. The number of hydrogen-bond donors (Lipinski definition) is 0. The van der Waals surface area contributed by atoms with Crippen molar-refractivity contribution in [1.82, 2.24) is 4.98 Å². The Hall–Kier alpha value is -1.25. The van der Waals surface area contributed by atoms with Crippen molar-refractivity contribution in [3.63, 3.8) is 0 Å². The fourth-order valence-corrected chi connectivity index (χ4v) is 1.89. The third-order valence-electron chi connectivity index (χ3n) is 3.12. The molecule has 16 heavy (non-hydrogen) atoms. The van der Waals surface area contributed by atoms with Crippen LogP contribution in [0.3, 0.4) is 0 Å². The van der Waals surface area contributed by atoms with Crippen LogP contribution in [0.15, 0.2) is 18.3 Å². The molecule has 0 bridgehead atoms. The van der Waals surface area contributed by atoms with Crippen LogP contribution in [-0.2, 0) is 0 Å². The first-order valence-corrected chi connectivity index (χ1v) is 5.70. The second-order valence-corrected chi connectivity index (χ2v) is 4.36. The molecule has 0 aromatic carbocycles. The first-order chi connectivity index (χ1) is 7.53. The molecule has 0 saturated heterocycles. The maximum Gasteiger partial charge on any atom is 0.213 e. The van der Waals surface area contributed by atoms with E-state index in [4.69, 9.17) is 0 Å². The standard InChI is InChI=1S/C13H18FNO/c1-4-7-13(3,5-2)12(16)10-6-8-15-11(14)9-10/h6,8-9H,4-5,7H2,1-3H3. The Morgan fingerprint density at radius 2 is 2.19 bits per heavy atom. The van der Waals surface area contributed by atoms with Gasteiger partial charge in [-0.2, -0.15) is 4.39 Å². The van der Waals surface area contributed by atoms with Gasteiger partial charge in [0.15, 0.2) is 5.78 Å². The van der Waals surface area contributed by atoms with E-state index in [0.717, 1.165) is 19.3 Å². The fraction of sp³-hybridized carbons (Fsp3) is 0.538. The molecule has 2 nitrogen and oxygen atoms in total. The number of aromatic nitrogens is 1. The quantitative estimate of drug-likeness (QED) is 0.563. The van der Waals surface area contributed by atoms with Crippen LogP contribution in [0.25, 0.3) is 0 Å². The number of nitrogens with zero attached hydrogens (tertiary/aromatic N) is 1. The summed E-state index contributed by atoms with van der Waals surface area (Å²) >= 11 is 0. The lowest BCUT2D eigenvalue weighted by Gasteiger charge is -2.26. The Morgan fingerprint density at radius 3 is 2.69 bits per heavy atom. The maximum absolute atomic E-state index is 12.9. The van der Waals surface area contributed by atoms with Gasteiger partial charge in [0.2, 0.25) is 5.95 Å². The number of rotatable bonds is 5. The van der Waals surface area contributed by atoms with Gasteiger partial charge in [-0.15, -0.1) is 0 Å². The Balaban J connectivity index is 3.00. The number of hydrogen-bond acceptors (Lipinski definition) is 2. The van der Waals surface area contributed by atoms with E-state index in [9.17, 15) is 9.18 Å². The summed E-state index contributed by atoms with van der Waals surface area (Å²) in [5, 5.41) is 0. The summed E-state index contributed by atoms with van der Waals surface area (Å²) in [6.45, 7) is 5.98. The van der Waals surface area contributed by atoms with Crippen molar-refractivity contribution in [3.8, 4) is 0 Å². The lowest BCUT2D eigenvalue weighted by molar-refractivity contribution is 0.0793. The summed E-state index contributed by atoms with van der Waals surface area (Å²) < 4.78 is 12.9. The molecule has 88 valence electrons. The molecular formula is C13H18FNO. The molecule has 0 aliphatic carbocycles. The van der Waals surface area contributed by atoms with Gasteiger partial charge < -0.3 is 0 Å². The molecule has 1 unspecified atom stereocenters. The highest BCUT2D eigenvalue weighted by Gasteiger charge is 2.31. The van der Waals surface area contributed by atoms with E-state index in [2.05, 4.69) is 4.98 Å². The molecule has 1 heterocycles. The van der Waals surface area contributed by atoms with Crippen molar-refractivity contribution in [2.45, 2.75) is 40.0 Å². The minimum Gasteiger partial charge on any atom is -0.294 e. The molecule has 1 atom stereocenters. The molecule has 0 aliphatic heterocycles. The van der Waals surface area contributed by atoms with E-state index in [1.165, 1.54) is 12.3 Å². The van der Waals surface area contributed by atoms with Crippen LogP contribution in [-0.4, -0.2) is 10.8 Å². The van der Waals surface area contributed by atoms with E-state index in [0.29, 0.717) is 5.56 Å². The van der Waals surface area contributed by atoms with E-state index in [1.54, 1.807) is 6.07 Å². The fourth-order valence-electron chi connectivity index (χ4n) is 1.89. The summed E-state index contributed by atoms with van der Waals surface area (Å²) in [6.07, 6.45) is 3.88. The van der Waals surface area contributed by atoms with Crippen LogP contribution in [0.4, 0.5) is 4.39 Å². The summed E-state index contributed by atoms with van der Waals surface area (Å²) in [5.41, 5.74) is 0.0352. The van der Waals surface area contributed by atoms with Crippen LogP contribution in [0.1, 0.15) is 50.4 Å².